The molecular weight excluding hydrogens is 188 g/mol. The molecule has 0 aromatic carbocycles. The molecule has 2 rings (SSSR count). The number of pyridine rings is 1. The third-order valence-corrected chi connectivity index (χ3v) is 1.93. The number of hydrogen-bond acceptors (Lipinski definition) is 3. The van der Waals surface area contributed by atoms with Gasteiger partial charge in [0, 0.05) is 6.54 Å². The summed E-state index contributed by atoms with van der Waals surface area (Å²) in [4.78, 5) is 4.05. The summed E-state index contributed by atoms with van der Waals surface area (Å²) in [5.41, 5.74) is 1.82. The highest BCUT2D eigenvalue weighted by Crippen LogP contribution is 2.08. The molecule has 68 valence electrons. The average Bonchev–Trinajstić information content (AvgIpc) is 2.47. The highest BCUT2D eigenvalue weighted by molar-refractivity contribution is 6.28. The van der Waals surface area contributed by atoms with Gasteiger partial charge in [0.2, 0.25) is 5.28 Å². The van der Waals surface area contributed by atoms with Crippen molar-refractivity contribution in [2.24, 2.45) is 0 Å². The number of aromatic nitrogens is 3. The van der Waals surface area contributed by atoms with Crippen molar-refractivity contribution in [3.63, 3.8) is 0 Å². The van der Waals surface area contributed by atoms with Crippen LogP contribution in [0.1, 0.15) is 5.69 Å². The van der Waals surface area contributed by atoms with Crippen LogP contribution in [0.2, 0.25) is 5.28 Å². The first-order valence-corrected chi connectivity index (χ1v) is 4.34. The summed E-state index contributed by atoms with van der Waals surface area (Å²) in [6, 6.07) is 5.79. The molecule has 0 aliphatic heterocycles. The molecular formula is C8H9ClN4. The van der Waals surface area contributed by atoms with Gasteiger partial charge in [-0.25, -0.2) is 4.52 Å². The van der Waals surface area contributed by atoms with Crippen LogP contribution in [0, 0.1) is 0 Å². The molecule has 1 N–H and O–H groups in total. The van der Waals surface area contributed by atoms with E-state index in [1.54, 1.807) is 4.52 Å². The number of rotatable bonds is 2. The third kappa shape index (κ3) is 1.50. The molecule has 2 heterocycles. The molecule has 0 saturated carbocycles. The minimum Gasteiger partial charge on any atom is -0.314 e. The van der Waals surface area contributed by atoms with Gasteiger partial charge in [-0.1, -0.05) is 6.07 Å². The van der Waals surface area contributed by atoms with Crippen LogP contribution in [0.25, 0.3) is 5.65 Å². The van der Waals surface area contributed by atoms with Crippen LogP contribution >= 0.6 is 11.6 Å². The van der Waals surface area contributed by atoms with Crippen molar-refractivity contribution in [2.75, 3.05) is 7.05 Å². The van der Waals surface area contributed by atoms with Gasteiger partial charge in [-0.3, -0.25) is 0 Å². The van der Waals surface area contributed by atoms with Crippen molar-refractivity contribution < 1.29 is 0 Å². The summed E-state index contributed by atoms with van der Waals surface area (Å²) in [6.07, 6.45) is 0. The van der Waals surface area contributed by atoms with Crippen LogP contribution in [0.15, 0.2) is 18.2 Å². The molecule has 2 aromatic rings. The largest absolute Gasteiger partial charge is 0.314 e. The Morgan fingerprint density at radius 2 is 2.38 bits per heavy atom. The molecule has 0 saturated heterocycles. The zero-order chi connectivity index (χ0) is 9.26. The third-order valence-electron chi connectivity index (χ3n) is 1.77. The van der Waals surface area contributed by atoms with E-state index in [-0.39, 0.29) is 5.28 Å². The highest BCUT2D eigenvalue weighted by atomic mass is 35.5. The van der Waals surface area contributed by atoms with Crippen molar-refractivity contribution in [3.05, 3.63) is 29.2 Å². The van der Waals surface area contributed by atoms with Gasteiger partial charge >= 0.3 is 0 Å². The van der Waals surface area contributed by atoms with Gasteiger partial charge in [0.05, 0.1) is 5.69 Å². The molecule has 0 fully saturated rings. The molecule has 0 amide bonds. The Bertz CT molecular complexity index is 423. The molecule has 4 nitrogen and oxygen atoms in total. The molecule has 13 heavy (non-hydrogen) atoms. The van der Waals surface area contributed by atoms with Crippen molar-refractivity contribution in [1.29, 1.82) is 0 Å². The first-order valence-electron chi connectivity index (χ1n) is 3.96. The fraction of sp³-hybridized carbons (Fsp3) is 0.250. The minimum atomic E-state index is 0.281. The van der Waals surface area contributed by atoms with E-state index in [1.165, 1.54) is 0 Å². The maximum atomic E-state index is 5.69. The first kappa shape index (κ1) is 8.47. The lowest BCUT2D eigenvalue weighted by molar-refractivity contribution is 0.747. The predicted octanol–water partition coefficient (Wildman–Crippen LogP) is 1.10. The first-order chi connectivity index (χ1) is 6.31. The van der Waals surface area contributed by atoms with Crippen LogP contribution in [-0.4, -0.2) is 21.6 Å². The second-order valence-corrected chi connectivity index (χ2v) is 3.04. The van der Waals surface area contributed by atoms with E-state index in [1.807, 2.05) is 25.2 Å². The second kappa shape index (κ2) is 3.32. The topological polar surface area (TPSA) is 42.2 Å². The zero-order valence-electron chi connectivity index (χ0n) is 7.16. The van der Waals surface area contributed by atoms with Gasteiger partial charge in [0.15, 0.2) is 5.65 Å². The zero-order valence-corrected chi connectivity index (χ0v) is 7.91. The number of fused-ring (bicyclic) bond motifs is 1. The average molecular weight is 197 g/mol. The molecule has 5 heteroatoms. The van der Waals surface area contributed by atoms with Gasteiger partial charge in [-0.15, -0.1) is 5.10 Å². The van der Waals surface area contributed by atoms with E-state index in [2.05, 4.69) is 15.4 Å². The van der Waals surface area contributed by atoms with Gasteiger partial charge in [0.25, 0.3) is 0 Å². The Morgan fingerprint density at radius 3 is 3.15 bits per heavy atom. The Labute approximate surface area is 80.5 Å². The summed E-state index contributed by atoms with van der Waals surface area (Å²) < 4.78 is 1.73. The van der Waals surface area contributed by atoms with Gasteiger partial charge in [-0.05, 0) is 30.8 Å². The number of halogens is 1. The molecule has 0 spiro atoms. The molecule has 0 bridgehead atoms. The SMILES string of the molecule is CNCc1cccc2nc(Cl)nn12. The number of nitrogens with one attached hydrogen (secondary N) is 1. The maximum Gasteiger partial charge on any atom is 0.243 e. The van der Waals surface area contributed by atoms with E-state index >= 15 is 0 Å². The fourth-order valence-corrected chi connectivity index (χ4v) is 1.41. The van der Waals surface area contributed by atoms with Gasteiger partial charge in [0.1, 0.15) is 0 Å². The summed E-state index contributed by atoms with van der Waals surface area (Å²) in [5.74, 6) is 0. The summed E-state index contributed by atoms with van der Waals surface area (Å²) in [7, 11) is 1.89. The van der Waals surface area contributed by atoms with E-state index in [0.717, 1.165) is 17.9 Å². The van der Waals surface area contributed by atoms with Crippen molar-refractivity contribution >= 4 is 17.2 Å². The highest BCUT2D eigenvalue weighted by Gasteiger charge is 2.03. The van der Waals surface area contributed by atoms with Crippen LogP contribution in [0.5, 0.6) is 0 Å². The minimum absolute atomic E-state index is 0.281. The van der Waals surface area contributed by atoms with E-state index in [0.29, 0.717) is 0 Å². The molecule has 0 unspecified atom stereocenters. The lowest BCUT2D eigenvalue weighted by Crippen LogP contribution is -2.09. The van der Waals surface area contributed by atoms with Crippen LogP contribution in [0.4, 0.5) is 0 Å². The number of hydrogen-bond donors (Lipinski definition) is 1. The Kier molecular flexibility index (Phi) is 2.16. The lowest BCUT2D eigenvalue weighted by Gasteiger charge is -2.01. The molecule has 2 aromatic heterocycles. The lowest BCUT2D eigenvalue weighted by atomic mass is 10.3. The van der Waals surface area contributed by atoms with E-state index < -0.39 is 0 Å². The monoisotopic (exact) mass is 196 g/mol. The van der Waals surface area contributed by atoms with Crippen molar-refractivity contribution in [3.8, 4) is 0 Å². The van der Waals surface area contributed by atoms with E-state index in [4.69, 9.17) is 11.6 Å². The Morgan fingerprint density at radius 1 is 1.54 bits per heavy atom. The van der Waals surface area contributed by atoms with Crippen molar-refractivity contribution in [1.82, 2.24) is 19.9 Å². The molecule has 0 radical (unpaired) electrons. The summed E-state index contributed by atoms with van der Waals surface area (Å²) in [5, 5.41) is 7.40. The van der Waals surface area contributed by atoms with Crippen LogP contribution in [-0.2, 0) is 6.54 Å². The standard InChI is InChI=1S/C8H9ClN4/c1-10-5-6-3-2-4-7-11-8(9)12-13(6)7/h2-4,10H,5H2,1H3. The van der Waals surface area contributed by atoms with E-state index in [9.17, 15) is 0 Å². The Balaban J connectivity index is 2.60. The second-order valence-electron chi connectivity index (χ2n) is 2.70. The predicted molar refractivity (Wildman–Crippen MR) is 50.8 cm³/mol. The van der Waals surface area contributed by atoms with Crippen LogP contribution < -0.4 is 5.32 Å². The number of nitrogens with zero attached hydrogens (tertiary/aromatic N) is 3. The quantitative estimate of drug-likeness (QED) is 0.782. The summed E-state index contributed by atoms with van der Waals surface area (Å²) in [6.45, 7) is 0.747. The van der Waals surface area contributed by atoms with Crippen LogP contribution in [0.3, 0.4) is 0 Å². The molecule has 0 aliphatic rings. The van der Waals surface area contributed by atoms with Gasteiger partial charge < -0.3 is 5.32 Å². The summed E-state index contributed by atoms with van der Waals surface area (Å²) >= 11 is 5.69. The fourth-order valence-electron chi connectivity index (χ4n) is 1.25. The molecule has 0 atom stereocenters. The molecule has 0 aliphatic carbocycles. The maximum absolute atomic E-state index is 5.69. The van der Waals surface area contributed by atoms with Gasteiger partial charge in [-0.2, -0.15) is 4.98 Å². The van der Waals surface area contributed by atoms with Crippen molar-refractivity contribution in [2.45, 2.75) is 6.54 Å². The smallest absolute Gasteiger partial charge is 0.243 e. The normalized spacial score (nSPS) is 10.9. The Hall–Kier alpha value is -1.13.